The highest BCUT2D eigenvalue weighted by molar-refractivity contribution is 7.13. The Balaban J connectivity index is 1.58. The number of aromatic nitrogens is 2. The lowest BCUT2D eigenvalue weighted by atomic mass is 10.3. The fraction of sp³-hybridized carbons (Fsp3) is 0.462. The van der Waals surface area contributed by atoms with Gasteiger partial charge in [-0.25, -0.2) is 9.97 Å². The van der Waals surface area contributed by atoms with Crippen molar-refractivity contribution >= 4 is 28.8 Å². The Hall–Kier alpha value is -1.44. The van der Waals surface area contributed by atoms with Crippen LogP contribution in [-0.2, 0) is 6.54 Å². The van der Waals surface area contributed by atoms with E-state index in [1.165, 1.54) is 24.0 Å². The molecule has 0 aromatic carbocycles. The molecule has 2 aromatic rings. The molecule has 3 rings (SSSR count). The first kappa shape index (κ1) is 14.5. The van der Waals surface area contributed by atoms with Gasteiger partial charge in [-0.3, -0.25) is 9.69 Å². The van der Waals surface area contributed by atoms with Crippen LogP contribution >= 0.6 is 22.9 Å². The lowest BCUT2D eigenvalue weighted by molar-refractivity contribution is 0.0755. The predicted octanol–water partition coefficient (Wildman–Crippen LogP) is 2.13. The van der Waals surface area contributed by atoms with Gasteiger partial charge in [-0.2, -0.15) is 0 Å². The average molecular weight is 327 g/mol. The normalized spacial score (nSPS) is 16.9. The van der Waals surface area contributed by atoms with Gasteiger partial charge in [0.1, 0.15) is 6.26 Å². The molecule has 1 aliphatic heterocycles. The number of amides is 1. The summed E-state index contributed by atoms with van der Waals surface area (Å²) in [7, 11) is 0. The second-order valence-corrected chi connectivity index (χ2v) is 6.33. The molecule has 1 fully saturated rings. The number of carbonyl (C=O) groups is 1. The van der Waals surface area contributed by atoms with E-state index in [1.807, 2.05) is 10.3 Å². The van der Waals surface area contributed by atoms with Crippen molar-refractivity contribution in [2.24, 2.45) is 0 Å². The summed E-state index contributed by atoms with van der Waals surface area (Å²) in [5, 5.41) is 1.98. The van der Waals surface area contributed by atoms with Crippen molar-refractivity contribution in [1.29, 1.82) is 0 Å². The van der Waals surface area contributed by atoms with Gasteiger partial charge in [-0.15, -0.1) is 11.3 Å². The van der Waals surface area contributed by atoms with E-state index in [4.69, 9.17) is 16.0 Å². The largest absolute Gasteiger partial charge is 0.451 e. The van der Waals surface area contributed by atoms with E-state index >= 15 is 0 Å². The van der Waals surface area contributed by atoms with Gasteiger partial charge in [0.15, 0.2) is 16.6 Å². The molecule has 112 valence electrons. The van der Waals surface area contributed by atoms with E-state index in [9.17, 15) is 4.79 Å². The zero-order chi connectivity index (χ0) is 14.7. The second-order valence-electron chi connectivity index (χ2n) is 4.89. The maximum absolute atomic E-state index is 12.2. The molecule has 8 heteroatoms. The van der Waals surface area contributed by atoms with Crippen LogP contribution in [0, 0.1) is 0 Å². The van der Waals surface area contributed by atoms with Crippen LogP contribution in [0.2, 0.25) is 4.47 Å². The van der Waals surface area contributed by atoms with Crippen LogP contribution in [0.5, 0.6) is 0 Å². The molecule has 0 radical (unpaired) electrons. The second kappa shape index (κ2) is 6.55. The molecule has 0 N–H and O–H groups in total. The Labute approximate surface area is 131 Å². The monoisotopic (exact) mass is 326 g/mol. The number of halogens is 1. The molecule has 0 saturated carbocycles. The van der Waals surface area contributed by atoms with Gasteiger partial charge in [0.2, 0.25) is 0 Å². The predicted molar refractivity (Wildman–Crippen MR) is 79.4 cm³/mol. The van der Waals surface area contributed by atoms with Crippen molar-refractivity contribution in [2.45, 2.75) is 13.0 Å². The van der Waals surface area contributed by atoms with Crippen LogP contribution in [0.4, 0.5) is 0 Å². The lowest BCUT2D eigenvalue weighted by Gasteiger charge is -2.20. The number of carbonyl (C=O) groups excluding carboxylic acids is 1. The highest BCUT2D eigenvalue weighted by Gasteiger charge is 2.22. The van der Waals surface area contributed by atoms with Crippen LogP contribution in [0.3, 0.4) is 0 Å². The first-order chi connectivity index (χ1) is 10.2. The highest BCUT2D eigenvalue weighted by atomic mass is 35.5. The fourth-order valence-corrected chi connectivity index (χ4v) is 3.17. The van der Waals surface area contributed by atoms with Crippen LogP contribution < -0.4 is 0 Å². The minimum Gasteiger partial charge on any atom is -0.451 e. The molecule has 2 aromatic heterocycles. The first-order valence-electron chi connectivity index (χ1n) is 6.72. The molecular weight excluding hydrogens is 312 g/mol. The summed E-state index contributed by atoms with van der Waals surface area (Å²) >= 11 is 7.30. The number of nitrogens with zero attached hydrogens (tertiary/aromatic N) is 4. The van der Waals surface area contributed by atoms with Crippen molar-refractivity contribution in [2.75, 3.05) is 26.2 Å². The number of hydrogen-bond acceptors (Lipinski definition) is 6. The summed E-state index contributed by atoms with van der Waals surface area (Å²) in [5.74, 6) is -0.0673. The van der Waals surface area contributed by atoms with Crippen molar-refractivity contribution in [1.82, 2.24) is 19.8 Å². The third-order valence-corrected chi connectivity index (χ3v) is 4.46. The molecule has 1 aliphatic rings. The van der Waals surface area contributed by atoms with E-state index in [2.05, 4.69) is 14.9 Å². The zero-order valence-corrected chi connectivity index (χ0v) is 12.9. The molecule has 0 bridgehead atoms. The standard InChI is InChI=1S/C13H15ClN4O2S/c14-13-16-10(8-21-13)6-17-2-1-3-18(5-4-17)12(19)11-7-20-9-15-11/h7-9H,1-6H2. The molecular formula is C13H15ClN4O2S. The third kappa shape index (κ3) is 3.61. The van der Waals surface area contributed by atoms with E-state index in [1.54, 1.807) is 0 Å². The first-order valence-corrected chi connectivity index (χ1v) is 7.98. The Morgan fingerprint density at radius 3 is 3.00 bits per heavy atom. The quantitative estimate of drug-likeness (QED) is 0.864. The molecule has 6 nitrogen and oxygen atoms in total. The van der Waals surface area contributed by atoms with E-state index in [0.717, 1.165) is 38.3 Å². The Morgan fingerprint density at radius 1 is 1.38 bits per heavy atom. The average Bonchev–Trinajstić information content (AvgIpc) is 3.08. The molecule has 21 heavy (non-hydrogen) atoms. The maximum atomic E-state index is 12.2. The molecule has 0 atom stereocenters. The summed E-state index contributed by atoms with van der Waals surface area (Å²) in [6.45, 7) is 3.95. The summed E-state index contributed by atoms with van der Waals surface area (Å²) in [6, 6.07) is 0. The summed E-state index contributed by atoms with van der Waals surface area (Å²) in [5.41, 5.74) is 1.36. The Morgan fingerprint density at radius 2 is 2.29 bits per heavy atom. The van der Waals surface area contributed by atoms with Gasteiger partial charge in [-0.05, 0) is 6.42 Å². The topological polar surface area (TPSA) is 62.5 Å². The zero-order valence-electron chi connectivity index (χ0n) is 11.4. The summed E-state index contributed by atoms with van der Waals surface area (Å²) in [6.07, 6.45) is 3.60. The SMILES string of the molecule is O=C(c1cocn1)N1CCCN(Cc2csc(Cl)n2)CC1. The Bertz CT molecular complexity index is 601. The van der Waals surface area contributed by atoms with Crippen LogP contribution in [0.25, 0.3) is 0 Å². The summed E-state index contributed by atoms with van der Waals surface area (Å²) < 4.78 is 5.44. The van der Waals surface area contributed by atoms with E-state index in [0.29, 0.717) is 16.7 Å². The molecule has 1 saturated heterocycles. The van der Waals surface area contributed by atoms with Gasteiger partial charge in [0.25, 0.3) is 5.91 Å². The van der Waals surface area contributed by atoms with Crippen molar-refractivity contribution in [3.05, 3.63) is 33.9 Å². The molecule has 1 amide bonds. The van der Waals surface area contributed by atoms with Gasteiger partial charge in [0.05, 0.1) is 5.69 Å². The van der Waals surface area contributed by atoms with Crippen LogP contribution in [0.15, 0.2) is 22.5 Å². The fourth-order valence-electron chi connectivity index (χ4n) is 2.40. The van der Waals surface area contributed by atoms with E-state index < -0.39 is 0 Å². The van der Waals surface area contributed by atoms with Crippen LogP contribution in [-0.4, -0.2) is 51.9 Å². The van der Waals surface area contributed by atoms with Crippen molar-refractivity contribution in [3.8, 4) is 0 Å². The van der Waals surface area contributed by atoms with Gasteiger partial charge >= 0.3 is 0 Å². The molecule has 0 spiro atoms. The van der Waals surface area contributed by atoms with Gasteiger partial charge < -0.3 is 9.32 Å². The Kier molecular flexibility index (Phi) is 4.52. The highest BCUT2D eigenvalue weighted by Crippen LogP contribution is 2.17. The third-order valence-electron chi connectivity index (χ3n) is 3.44. The van der Waals surface area contributed by atoms with Crippen molar-refractivity contribution in [3.63, 3.8) is 0 Å². The minimum atomic E-state index is -0.0673. The smallest absolute Gasteiger partial charge is 0.275 e. The maximum Gasteiger partial charge on any atom is 0.275 e. The number of rotatable bonds is 3. The molecule has 0 aliphatic carbocycles. The van der Waals surface area contributed by atoms with Gasteiger partial charge in [0, 0.05) is 38.1 Å². The van der Waals surface area contributed by atoms with Crippen molar-refractivity contribution < 1.29 is 9.21 Å². The number of thiazole rings is 1. The lowest BCUT2D eigenvalue weighted by Crippen LogP contribution is -2.35. The molecule has 0 unspecified atom stereocenters. The summed E-state index contributed by atoms with van der Waals surface area (Å²) in [4.78, 5) is 24.5. The number of hydrogen-bond donors (Lipinski definition) is 0. The number of oxazole rings is 1. The van der Waals surface area contributed by atoms with Gasteiger partial charge in [-0.1, -0.05) is 11.6 Å². The minimum absolute atomic E-state index is 0.0673. The van der Waals surface area contributed by atoms with Crippen LogP contribution in [0.1, 0.15) is 22.6 Å². The molecule has 3 heterocycles. The van der Waals surface area contributed by atoms with E-state index in [-0.39, 0.29) is 5.91 Å².